The van der Waals surface area contributed by atoms with E-state index in [0.717, 1.165) is 82.9 Å². The molecule has 4 heteroatoms. The topological polar surface area (TPSA) is 42.7 Å². The van der Waals surface area contributed by atoms with E-state index < -0.39 is 0 Å². The Bertz CT molecular complexity index is 3480. The van der Waals surface area contributed by atoms with E-state index in [4.69, 9.17) is 13.3 Å². The van der Waals surface area contributed by atoms with Crippen molar-refractivity contribution in [2.24, 2.45) is 0 Å². The molecule has 8 aromatic carbocycles. The Hall–Kier alpha value is -7.04. The highest BCUT2D eigenvalue weighted by Gasteiger charge is 2.38. The zero-order valence-corrected chi connectivity index (χ0v) is 32.6. The monoisotopic (exact) mass is 747 g/mol. The highest BCUT2D eigenvalue weighted by molar-refractivity contribution is 6.33. The van der Waals surface area contributed by atoms with Gasteiger partial charge in [0.2, 0.25) is 0 Å². The molecule has 3 heterocycles. The number of nitrogens with zero attached hydrogens (tertiary/aromatic N) is 1. The van der Waals surface area contributed by atoms with Crippen LogP contribution in [0.1, 0.15) is 49.9 Å². The number of fused-ring (bicyclic) bond motifs is 17. The largest absolute Gasteiger partial charge is 0.456 e. The molecule has 276 valence electrons. The number of hydrogen-bond acceptors (Lipinski definition) is 4. The molecule has 2 aliphatic rings. The van der Waals surface area contributed by atoms with Crippen LogP contribution in [0, 0.1) is 0 Å². The van der Waals surface area contributed by atoms with Gasteiger partial charge in [-0.3, -0.25) is 0 Å². The summed E-state index contributed by atoms with van der Waals surface area (Å²) in [6.45, 7) is 9.38. The van der Waals surface area contributed by atoms with Crippen LogP contribution in [0.5, 0.6) is 0 Å². The minimum absolute atomic E-state index is 0.176. The highest BCUT2D eigenvalue weighted by atomic mass is 16.3. The van der Waals surface area contributed by atoms with Gasteiger partial charge in [0, 0.05) is 55.2 Å². The first kappa shape index (κ1) is 32.1. The summed E-state index contributed by atoms with van der Waals surface area (Å²) in [4.78, 5) is 2.40. The SMILES string of the molecule is CC1(C)c2ccccc2-c2ccc(N(c3ccc4c(c3)C(C)(C)c3ccccc3-4)c3cc4oc5ccc6c7ccccc7oc6c5c4c4c3oc3ccccc34)cc21. The van der Waals surface area contributed by atoms with Gasteiger partial charge in [0.25, 0.3) is 0 Å². The van der Waals surface area contributed by atoms with Gasteiger partial charge < -0.3 is 18.2 Å². The zero-order chi connectivity index (χ0) is 38.7. The Morgan fingerprint density at radius 3 is 1.55 bits per heavy atom. The predicted octanol–water partition coefficient (Wildman–Crippen LogP) is 15.5. The van der Waals surface area contributed by atoms with Crippen molar-refractivity contribution in [3.8, 4) is 22.3 Å². The van der Waals surface area contributed by atoms with Crippen molar-refractivity contribution in [1.82, 2.24) is 0 Å². The number of rotatable bonds is 3. The van der Waals surface area contributed by atoms with Crippen LogP contribution >= 0.6 is 0 Å². The standard InChI is InChI=1S/C54H37NO3/c1-53(2)39-17-9-5-13-32(39)34-23-21-30(27-41(34)53)55(31-22-24-35-33-14-6-10-18-40(33)54(3,4)42(35)28-31)43-29-47-49(48-38-16-8-12-20-45(38)58-52(43)48)50-46(56-47)26-25-37-36-15-7-11-19-44(36)57-51(37)50/h5-29H,1-4H3. The van der Waals surface area contributed by atoms with Crippen molar-refractivity contribution in [2.45, 2.75) is 38.5 Å². The Balaban J connectivity index is 1.14. The Morgan fingerprint density at radius 2 is 0.897 bits per heavy atom. The molecule has 4 nitrogen and oxygen atoms in total. The quantitative estimate of drug-likeness (QED) is 0.180. The molecule has 2 aliphatic carbocycles. The predicted molar refractivity (Wildman–Crippen MR) is 238 cm³/mol. The molecule has 0 aliphatic heterocycles. The molecular weight excluding hydrogens is 711 g/mol. The molecular formula is C54H37NO3. The molecule has 3 aromatic heterocycles. The van der Waals surface area contributed by atoms with E-state index in [0.29, 0.717) is 0 Å². The van der Waals surface area contributed by atoms with E-state index in [2.05, 4.69) is 166 Å². The Morgan fingerprint density at radius 1 is 0.362 bits per heavy atom. The molecule has 0 atom stereocenters. The summed E-state index contributed by atoms with van der Waals surface area (Å²) in [5.74, 6) is 0. The second-order valence-electron chi connectivity index (χ2n) is 17.2. The minimum Gasteiger partial charge on any atom is -0.456 e. The van der Waals surface area contributed by atoms with Crippen LogP contribution < -0.4 is 4.90 Å². The van der Waals surface area contributed by atoms with Gasteiger partial charge in [-0.05, 0) is 93.0 Å². The lowest BCUT2D eigenvalue weighted by Crippen LogP contribution is -2.18. The van der Waals surface area contributed by atoms with Crippen molar-refractivity contribution in [3.05, 3.63) is 174 Å². The van der Waals surface area contributed by atoms with E-state index in [1.54, 1.807) is 0 Å². The van der Waals surface area contributed by atoms with Gasteiger partial charge in [0.1, 0.15) is 27.9 Å². The number of anilines is 3. The van der Waals surface area contributed by atoms with Gasteiger partial charge in [-0.15, -0.1) is 0 Å². The summed E-state index contributed by atoms with van der Waals surface area (Å²) < 4.78 is 20.6. The minimum atomic E-state index is -0.176. The van der Waals surface area contributed by atoms with Gasteiger partial charge >= 0.3 is 0 Å². The van der Waals surface area contributed by atoms with Gasteiger partial charge in [0.05, 0.1) is 11.1 Å². The van der Waals surface area contributed by atoms with Crippen molar-refractivity contribution >= 4 is 82.9 Å². The molecule has 0 saturated carbocycles. The fraction of sp³-hybridized carbons (Fsp3) is 0.111. The molecule has 58 heavy (non-hydrogen) atoms. The van der Waals surface area contributed by atoms with Gasteiger partial charge in [0.15, 0.2) is 5.58 Å². The molecule has 0 N–H and O–H groups in total. The summed E-state index contributed by atoms with van der Waals surface area (Å²) in [5, 5.41) is 6.18. The average Bonchev–Trinajstić information content (AvgIpc) is 4.02. The molecule has 0 amide bonds. The molecule has 0 bridgehead atoms. The maximum Gasteiger partial charge on any atom is 0.160 e. The van der Waals surface area contributed by atoms with E-state index in [1.165, 1.54) is 44.5 Å². The van der Waals surface area contributed by atoms with Crippen LogP contribution in [-0.4, -0.2) is 0 Å². The normalized spacial score (nSPS) is 14.8. The van der Waals surface area contributed by atoms with Crippen LogP contribution in [-0.2, 0) is 10.8 Å². The first-order valence-electron chi connectivity index (χ1n) is 20.2. The molecule has 11 aromatic rings. The maximum atomic E-state index is 7.06. The number of benzene rings is 8. The molecule has 0 unspecified atom stereocenters. The van der Waals surface area contributed by atoms with Crippen LogP contribution in [0.3, 0.4) is 0 Å². The molecule has 0 radical (unpaired) electrons. The number of para-hydroxylation sites is 2. The summed E-state index contributed by atoms with van der Waals surface area (Å²) >= 11 is 0. The summed E-state index contributed by atoms with van der Waals surface area (Å²) in [5.41, 5.74) is 18.1. The Kier molecular flexibility index (Phi) is 6.01. The van der Waals surface area contributed by atoms with Gasteiger partial charge in [-0.25, -0.2) is 0 Å². The summed E-state index contributed by atoms with van der Waals surface area (Å²) in [7, 11) is 0. The van der Waals surface area contributed by atoms with Crippen molar-refractivity contribution in [2.75, 3.05) is 4.90 Å². The number of furan rings is 3. The van der Waals surface area contributed by atoms with Crippen LogP contribution in [0.25, 0.3) is 88.1 Å². The average molecular weight is 748 g/mol. The smallest absolute Gasteiger partial charge is 0.160 e. The third-order valence-electron chi connectivity index (χ3n) is 13.5. The van der Waals surface area contributed by atoms with Crippen molar-refractivity contribution < 1.29 is 13.3 Å². The summed E-state index contributed by atoms with van der Waals surface area (Å²) in [6, 6.07) is 54.7. The zero-order valence-electron chi connectivity index (χ0n) is 32.6. The van der Waals surface area contributed by atoms with Crippen LogP contribution in [0.15, 0.2) is 165 Å². The highest BCUT2D eigenvalue weighted by Crippen LogP contribution is 2.55. The summed E-state index contributed by atoms with van der Waals surface area (Å²) in [6.07, 6.45) is 0. The molecule has 0 spiro atoms. The molecule has 13 rings (SSSR count). The second-order valence-corrected chi connectivity index (χ2v) is 17.2. The van der Waals surface area contributed by atoms with Crippen LogP contribution in [0.4, 0.5) is 17.1 Å². The Labute approximate surface area is 334 Å². The molecule has 0 saturated heterocycles. The van der Waals surface area contributed by atoms with Crippen LogP contribution in [0.2, 0.25) is 0 Å². The number of hydrogen-bond donors (Lipinski definition) is 0. The first-order valence-corrected chi connectivity index (χ1v) is 20.2. The lowest BCUT2D eigenvalue weighted by Gasteiger charge is -2.29. The fourth-order valence-corrected chi connectivity index (χ4v) is 10.7. The van der Waals surface area contributed by atoms with Crippen molar-refractivity contribution in [3.63, 3.8) is 0 Å². The van der Waals surface area contributed by atoms with E-state index >= 15 is 0 Å². The first-order chi connectivity index (χ1) is 28.3. The van der Waals surface area contributed by atoms with Crippen molar-refractivity contribution in [1.29, 1.82) is 0 Å². The fourth-order valence-electron chi connectivity index (χ4n) is 10.7. The lowest BCUT2D eigenvalue weighted by molar-refractivity contribution is 0.658. The van der Waals surface area contributed by atoms with Gasteiger partial charge in [-0.2, -0.15) is 0 Å². The second kappa shape index (κ2) is 10.9. The lowest BCUT2D eigenvalue weighted by atomic mass is 9.82. The van der Waals surface area contributed by atoms with E-state index in [9.17, 15) is 0 Å². The van der Waals surface area contributed by atoms with E-state index in [1.807, 2.05) is 18.2 Å². The van der Waals surface area contributed by atoms with Gasteiger partial charge in [-0.1, -0.05) is 125 Å². The molecule has 0 fully saturated rings. The third-order valence-corrected chi connectivity index (χ3v) is 13.5. The maximum absolute atomic E-state index is 7.06. The van der Waals surface area contributed by atoms with E-state index in [-0.39, 0.29) is 10.8 Å². The third kappa shape index (κ3) is 3.99.